The van der Waals surface area contributed by atoms with Crippen molar-refractivity contribution in [2.45, 2.75) is 0 Å². The summed E-state index contributed by atoms with van der Waals surface area (Å²) >= 11 is 0. The van der Waals surface area contributed by atoms with Gasteiger partial charge < -0.3 is 9.13 Å². The monoisotopic (exact) mass is 990 g/mol. The summed E-state index contributed by atoms with van der Waals surface area (Å²) < 4.78 is 4.76. The highest BCUT2D eigenvalue weighted by Gasteiger charge is 2.21. The van der Waals surface area contributed by atoms with Crippen LogP contribution in [0.15, 0.2) is 267 Å². The molecule has 364 valence electrons. The first-order chi connectivity index (χ1) is 38.6. The van der Waals surface area contributed by atoms with E-state index in [1.165, 1.54) is 164 Å². The van der Waals surface area contributed by atoms with Gasteiger partial charge >= 0.3 is 0 Å². The van der Waals surface area contributed by atoms with E-state index in [1.807, 2.05) is 0 Å². The lowest BCUT2D eigenvalue weighted by Crippen LogP contribution is -1.91. The number of benzene rings is 14. The second-order valence-corrected chi connectivity index (χ2v) is 21.2. The highest BCUT2D eigenvalue weighted by atomic mass is 14.9. The maximum Gasteiger partial charge on any atom is 0.0495 e. The summed E-state index contributed by atoms with van der Waals surface area (Å²) in [5, 5.41) is 17.9. The number of fused-ring (bicyclic) bond motifs is 13. The number of hydrogen-bond donors (Lipinski definition) is 0. The molecule has 16 rings (SSSR count). The van der Waals surface area contributed by atoms with Gasteiger partial charge in [0.2, 0.25) is 0 Å². The molecular formula is C76H50N2. The average molecular weight is 991 g/mol. The number of hydrogen-bond acceptors (Lipinski definition) is 0. The first-order valence-electron chi connectivity index (χ1n) is 27.1. The molecule has 0 amide bonds. The highest BCUT2D eigenvalue weighted by Crippen LogP contribution is 2.47. The van der Waals surface area contributed by atoms with Gasteiger partial charge in [0.25, 0.3) is 0 Å². The third kappa shape index (κ3) is 6.57. The molecule has 78 heavy (non-hydrogen) atoms. The molecule has 0 atom stereocenters. The van der Waals surface area contributed by atoms with Crippen molar-refractivity contribution in [2.24, 2.45) is 14.1 Å². The maximum absolute atomic E-state index is 2.38. The maximum atomic E-state index is 2.38. The molecule has 0 bridgehead atoms. The van der Waals surface area contributed by atoms with Gasteiger partial charge in [0.05, 0.1) is 0 Å². The lowest BCUT2D eigenvalue weighted by atomic mass is 9.86. The Bertz CT molecular complexity index is 4680. The summed E-state index contributed by atoms with van der Waals surface area (Å²) in [6, 6.07) is 99.1. The van der Waals surface area contributed by atoms with Crippen molar-refractivity contribution in [3.05, 3.63) is 267 Å². The minimum absolute atomic E-state index is 1.20. The van der Waals surface area contributed by atoms with Crippen LogP contribution in [0.5, 0.6) is 0 Å². The van der Waals surface area contributed by atoms with E-state index in [-0.39, 0.29) is 0 Å². The molecule has 0 radical (unpaired) electrons. The van der Waals surface area contributed by atoms with Gasteiger partial charge in [-0.25, -0.2) is 0 Å². The Balaban J connectivity index is 0.758. The van der Waals surface area contributed by atoms with Crippen LogP contribution in [0.1, 0.15) is 0 Å². The van der Waals surface area contributed by atoms with E-state index < -0.39 is 0 Å². The van der Waals surface area contributed by atoms with Crippen LogP contribution in [-0.4, -0.2) is 9.13 Å². The zero-order valence-electron chi connectivity index (χ0n) is 43.3. The van der Waals surface area contributed by atoms with E-state index in [0.717, 1.165) is 0 Å². The Labute approximate surface area is 451 Å². The lowest BCUT2D eigenvalue weighted by Gasteiger charge is -2.18. The van der Waals surface area contributed by atoms with E-state index in [4.69, 9.17) is 0 Å². The van der Waals surface area contributed by atoms with Crippen LogP contribution in [0.3, 0.4) is 0 Å². The second-order valence-electron chi connectivity index (χ2n) is 21.2. The average Bonchev–Trinajstić information content (AvgIpc) is 4.15. The van der Waals surface area contributed by atoms with Gasteiger partial charge in [0.1, 0.15) is 0 Å². The van der Waals surface area contributed by atoms with E-state index in [2.05, 4.69) is 290 Å². The molecule has 2 heteroatoms. The molecule has 2 nitrogen and oxygen atoms in total. The van der Waals surface area contributed by atoms with Crippen LogP contribution in [0.2, 0.25) is 0 Å². The Kier molecular flexibility index (Phi) is 9.80. The first kappa shape index (κ1) is 44.3. The number of aryl methyl sites for hydroxylation is 2. The number of rotatable bonds is 6. The number of aromatic nitrogens is 2. The molecule has 0 aliphatic rings. The Hall–Kier alpha value is -10.0. The van der Waals surface area contributed by atoms with Crippen molar-refractivity contribution in [2.75, 3.05) is 0 Å². The van der Waals surface area contributed by atoms with E-state index in [1.54, 1.807) is 0 Å². The van der Waals surface area contributed by atoms with Gasteiger partial charge in [-0.15, -0.1) is 0 Å². The largest absolute Gasteiger partial charge is 0.344 e. The Morgan fingerprint density at radius 2 is 0.423 bits per heavy atom. The van der Waals surface area contributed by atoms with E-state index in [0.29, 0.717) is 0 Å². The molecule has 16 aromatic rings. The molecule has 2 heterocycles. The van der Waals surface area contributed by atoms with Crippen molar-refractivity contribution in [1.29, 1.82) is 0 Å². The smallest absolute Gasteiger partial charge is 0.0495 e. The fraction of sp³-hybridized carbons (Fsp3) is 0.0263. The van der Waals surface area contributed by atoms with Crippen LogP contribution >= 0.6 is 0 Å². The molecule has 0 saturated carbocycles. The fourth-order valence-electron chi connectivity index (χ4n) is 13.5. The van der Waals surface area contributed by atoms with Crippen LogP contribution in [0.4, 0.5) is 0 Å². The molecule has 0 N–H and O–H groups in total. The lowest BCUT2D eigenvalue weighted by molar-refractivity contribution is 1.01. The zero-order valence-corrected chi connectivity index (χ0v) is 43.3. The van der Waals surface area contributed by atoms with Gasteiger partial charge in [0.15, 0.2) is 0 Å². The van der Waals surface area contributed by atoms with Gasteiger partial charge in [-0.05, 0) is 145 Å². The number of nitrogens with zero attached hydrogens (tertiary/aromatic N) is 2. The summed E-state index contributed by atoms with van der Waals surface area (Å²) in [6.07, 6.45) is 0. The van der Waals surface area contributed by atoms with Crippen LogP contribution < -0.4 is 0 Å². The van der Waals surface area contributed by atoms with Crippen molar-refractivity contribution in [1.82, 2.24) is 9.13 Å². The summed E-state index contributed by atoms with van der Waals surface area (Å²) in [5.41, 5.74) is 19.8. The molecule has 0 aliphatic heterocycles. The third-order valence-electron chi connectivity index (χ3n) is 17.1. The SMILES string of the molecule is Cn1c2cc(-c3ccc(-c4c5ccccc5c(-c5ccccc5)c5ccccc45)cc3)ccc2c2c3ccc4c(c3ccc21)c1ccc(-c2ccc(-c3c5ccccc5c(-c5ccccc5)c5ccccc35)cc2)cc1n4C. The molecule has 0 aliphatic carbocycles. The molecular weight excluding hydrogens is 941 g/mol. The topological polar surface area (TPSA) is 9.86 Å². The minimum atomic E-state index is 1.20. The molecule has 2 aromatic heterocycles. The van der Waals surface area contributed by atoms with Gasteiger partial charge in [-0.1, -0.05) is 243 Å². The fourth-order valence-corrected chi connectivity index (χ4v) is 13.5. The first-order valence-corrected chi connectivity index (χ1v) is 27.1. The highest BCUT2D eigenvalue weighted by molar-refractivity contribution is 6.30. The summed E-state index contributed by atoms with van der Waals surface area (Å²) in [5.74, 6) is 0. The third-order valence-corrected chi connectivity index (χ3v) is 17.1. The normalized spacial score (nSPS) is 12.0. The Morgan fingerprint density at radius 1 is 0.179 bits per heavy atom. The molecule has 14 aromatic carbocycles. The predicted octanol–water partition coefficient (Wildman–Crippen LogP) is 20.7. The van der Waals surface area contributed by atoms with Crippen molar-refractivity contribution in [3.63, 3.8) is 0 Å². The Morgan fingerprint density at radius 3 is 0.731 bits per heavy atom. The molecule has 0 unspecified atom stereocenters. The standard InChI is InChI=1S/C76H50N2/c1-77-67-43-41-64-63(75(67)65-39-37-53(45-69(65)77)47-29-33-51(34-30-47)73-59-25-13-9-21-55(59)71(49-17-5-3-6-18-49)56-22-10-14-26-60(56)73)42-44-68-76(64)66-40-38-54(46-70(66)78(68)2)48-31-35-52(36-32-48)74-61-27-15-11-23-57(61)72(50-19-7-4-8-20-50)58-24-12-16-28-62(58)74/h3-46H,1-2H3. The van der Waals surface area contributed by atoms with Crippen LogP contribution in [-0.2, 0) is 14.1 Å². The summed E-state index contributed by atoms with van der Waals surface area (Å²) in [4.78, 5) is 0. The zero-order chi connectivity index (χ0) is 51.6. The van der Waals surface area contributed by atoms with Gasteiger partial charge in [0, 0.05) is 57.7 Å². The molecule has 0 saturated heterocycles. The predicted molar refractivity (Wildman–Crippen MR) is 335 cm³/mol. The minimum Gasteiger partial charge on any atom is -0.344 e. The van der Waals surface area contributed by atoms with Gasteiger partial charge in [-0.2, -0.15) is 0 Å². The molecule has 0 spiro atoms. The summed E-state index contributed by atoms with van der Waals surface area (Å²) in [6.45, 7) is 0. The van der Waals surface area contributed by atoms with Crippen molar-refractivity contribution >= 4 is 97.5 Å². The van der Waals surface area contributed by atoms with Gasteiger partial charge in [-0.3, -0.25) is 0 Å². The quantitative estimate of drug-likeness (QED) is 0.147. The molecule has 0 fully saturated rings. The van der Waals surface area contributed by atoms with Crippen LogP contribution in [0, 0.1) is 0 Å². The van der Waals surface area contributed by atoms with E-state index in [9.17, 15) is 0 Å². The second kappa shape index (κ2) is 17.3. The van der Waals surface area contributed by atoms with E-state index >= 15 is 0 Å². The van der Waals surface area contributed by atoms with Crippen molar-refractivity contribution in [3.8, 4) is 66.8 Å². The van der Waals surface area contributed by atoms with Crippen molar-refractivity contribution < 1.29 is 0 Å². The van der Waals surface area contributed by atoms with Crippen LogP contribution in [0.25, 0.3) is 164 Å². The summed E-state index contributed by atoms with van der Waals surface area (Å²) in [7, 11) is 4.43.